The van der Waals surface area contributed by atoms with E-state index in [-0.39, 0.29) is 19.5 Å². The fourth-order valence-corrected chi connectivity index (χ4v) is 1.39. The second-order valence-corrected chi connectivity index (χ2v) is 4.39. The van der Waals surface area contributed by atoms with Gasteiger partial charge in [0.1, 0.15) is 5.60 Å². The molecule has 10 heteroatoms. The molecule has 0 heterocycles. The van der Waals surface area contributed by atoms with Crippen molar-refractivity contribution in [1.29, 1.82) is 0 Å². The number of amides is 2. The molecule has 0 rings (SSSR count). The van der Waals surface area contributed by atoms with Gasteiger partial charge in [0, 0.05) is 25.9 Å². The van der Waals surface area contributed by atoms with E-state index in [9.17, 15) is 34.5 Å². The zero-order valence-electron chi connectivity index (χ0n) is 11.3. The Balaban J connectivity index is 4.25. The van der Waals surface area contributed by atoms with E-state index in [2.05, 4.69) is 5.32 Å². The smallest absolute Gasteiger partial charge is 0.242 e. The Kier molecular flexibility index (Phi) is 7.31. The first kappa shape index (κ1) is 18.8. The molecule has 1 atom stereocenters. The molecule has 0 aliphatic heterocycles. The largest absolute Gasteiger partial charge is 0.550 e. The predicted molar refractivity (Wildman–Crippen MR) is 61.0 cm³/mol. The van der Waals surface area contributed by atoms with Gasteiger partial charge in [-0.05, 0) is 6.42 Å². The van der Waals surface area contributed by atoms with E-state index in [4.69, 9.17) is 5.21 Å². The number of aliphatic hydroxyl groups is 1. The molecule has 0 aromatic rings. The lowest BCUT2D eigenvalue weighted by atomic mass is 9.95. The average molecular weight is 304 g/mol. The maximum absolute atomic E-state index is 11.4. The van der Waals surface area contributed by atoms with E-state index in [1.165, 1.54) is 0 Å². The Morgan fingerprint density at radius 2 is 1.76 bits per heavy atom. The van der Waals surface area contributed by atoms with Gasteiger partial charge in [-0.1, -0.05) is 0 Å². The molecule has 3 N–H and O–H groups in total. The average Bonchev–Trinajstić information content (AvgIpc) is 2.32. The van der Waals surface area contributed by atoms with Gasteiger partial charge in [0.2, 0.25) is 11.8 Å². The Morgan fingerprint density at radius 1 is 1.19 bits per heavy atom. The number of carbonyl (C=O) groups is 4. The van der Waals surface area contributed by atoms with Gasteiger partial charge in [-0.15, -0.1) is 0 Å². The summed E-state index contributed by atoms with van der Waals surface area (Å²) < 4.78 is 0. The number of nitrogens with zero attached hydrogens (tertiary/aromatic N) is 1. The summed E-state index contributed by atoms with van der Waals surface area (Å²) in [4.78, 5) is 43.1. The summed E-state index contributed by atoms with van der Waals surface area (Å²) >= 11 is 0. The zero-order valence-corrected chi connectivity index (χ0v) is 11.3. The Hall–Kier alpha value is -2.20. The first-order valence-electron chi connectivity index (χ1n) is 5.96. The van der Waals surface area contributed by atoms with Crippen LogP contribution in [0.1, 0.15) is 26.2 Å². The number of carboxylic acids is 2. The molecule has 0 saturated heterocycles. The highest BCUT2D eigenvalue weighted by Crippen LogP contribution is 2.14. The first-order chi connectivity index (χ1) is 9.58. The minimum atomic E-state index is -2.86. The molecule has 0 aliphatic rings. The lowest BCUT2D eigenvalue weighted by molar-refractivity contribution is -0.333. The molecule has 0 saturated carbocycles. The van der Waals surface area contributed by atoms with Crippen LogP contribution in [0.15, 0.2) is 0 Å². The highest BCUT2D eigenvalue weighted by molar-refractivity contribution is 5.88. The van der Waals surface area contributed by atoms with Gasteiger partial charge >= 0.3 is 0 Å². The fourth-order valence-electron chi connectivity index (χ4n) is 1.39. The van der Waals surface area contributed by atoms with Crippen LogP contribution in [-0.2, 0) is 19.2 Å². The Bertz CT molecular complexity index is 424. The van der Waals surface area contributed by atoms with E-state index in [0.717, 1.165) is 6.92 Å². The van der Waals surface area contributed by atoms with E-state index in [1.807, 2.05) is 0 Å². The number of hydrogen-bond acceptors (Lipinski definition) is 8. The first-order valence-corrected chi connectivity index (χ1v) is 5.96. The van der Waals surface area contributed by atoms with E-state index < -0.39 is 42.2 Å². The number of carbonyl (C=O) groups excluding carboxylic acids is 4. The monoisotopic (exact) mass is 304 g/mol. The van der Waals surface area contributed by atoms with Crippen LogP contribution in [0.3, 0.4) is 0 Å². The SMILES string of the molecule is CC(=O)N(O)CCCNC(=O)CC(O)(CC(=O)[O-])C(=O)[O-]. The van der Waals surface area contributed by atoms with Crippen LogP contribution in [0, 0.1) is 0 Å². The second kappa shape index (κ2) is 8.17. The van der Waals surface area contributed by atoms with Crippen molar-refractivity contribution in [3.63, 3.8) is 0 Å². The van der Waals surface area contributed by atoms with Gasteiger partial charge in [0.05, 0.1) is 18.9 Å². The van der Waals surface area contributed by atoms with Crippen molar-refractivity contribution in [2.24, 2.45) is 0 Å². The van der Waals surface area contributed by atoms with Crippen LogP contribution in [0.2, 0.25) is 0 Å². The third-order valence-electron chi connectivity index (χ3n) is 2.50. The molecular formula is C11H16N2O8-2. The molecule has 0 aliphatic carbocycles. The molecule has 0 aromatic carbocycles. The molecule has 10 nitrogen and oxygen atoms in total. The molecule has 1 unspecified atom stereocenters. The number of carboxylic acid groups (broad SMARTS) is 2. The quantitative estimate of drug-likeness (QED) is 0.218. The Morgan fingerprint density at radius 3 is 2.19 bits per heavy atom. The standard InChI is InChI=1S/C11H18N2O8/c1-7(14)13(21)4-2-3-12-8(15)5-11(20,10(18)19)6-9(16)17/h20-21H,2-6H2,1H3,(H,12,15)(H,16,17)(H,18,19)/p-2. The molecule has 0 aromatic heterocycles. The Labute approximate surface area is 119 Å². The molecule has 0 radical (unpaired) electrons. The van der Waals surface area contributed by atoms with Gasteiger partial charge in [-0.2, -0.15) is 0 Å². The number of nitrogens with one attached hydrogen (secondary N) is 1. The van der Waals surface area contributed by atoms with E-state index >= 15 is 0 Å². The van der Waals surface area contributed by atoms with Gasteiger partial charge in [0.15, 0.2) is 0 Å². The molecule has 0 bridgehead atoms. The van der Waals surface area contributed by atoms with Crippen molar-refractivity contribution in [3.8, 4) is 0 Å². The molecule has 2 amide bonds. The highest BCUT2D eigenvalue weighted by atomic mass is 16.5. The van der Waals surface area contributed by atoms with Crippen LogP contribution in [0.4, 0.5) is 0 Å². The number of aliphatic carboxylic acids is 2. The maximum Gasteiger partial charge on any atom is 0.242 e. The summed E-state index contributed by atoms with van der Waals surface area (Å²) in [6, 6.07) is 0. The van der Waals surface area contributed by atoms with Gasteiger partial charge in [-0.3, -0.25) is 14.8 Å². The lowest BCUT2D eigenvalue weighted by Crippen LogP contribution is -2.53. The van der Waals surface area contributed by atoms with Crippen molar-refractivity contribution in [1.82, 2.24) is 10.4 Å². The third-order valence-corrected chi connectivity index (χ3v) is 2.50. The summed E-state index contributed by atoms with van der Waals surface area (Å²) in [7, 11) is 0. The number of hydrogen-bond donors (Lipinski definition) is 3. The van der Waals surface area contributed by atoms with Gasteiger partial charge in [-0.25, -0.2) is 5.06 Å². The fraction of sp³-hybridized carbons (Fsp3) is 0.636. The predicted octanol–water partition coefficient (Wildman–Crippen LogP) is -4.26. The van der Waals surface area contributed by atoms with E-state index in [1.54, 1.807) is 0 Å². The molecule has 0 spiro atoms. The molecule has 0 fully saturated rings. The summed E-state index contributed by atoms with van der Waals surface area (Å²) in [5, 5.41) is 42.2. The minimum Gasteiger partial charge on any atom is -0.550 e. The number of hydroxylamine groups is 2. The zero-order chi connectivity index (χ0) is 16.6. The topological polar surface area (TPSA) is 170 Å². The van der Waals surface area contributed by atoms with Crippen LogP contribution < -0.4 is 15.5 Å². The molecule has 120 valence electrons. The van der Waals surface area contributed by atoms with Crippen LogP contribution in [0.25, 0.3) is 0 Å². The summed E-state index contributed by atoms with van der Waals surface area (Å²) in [6.45, 7) is 1.07. The van der Waals surface area contributed by atoms with E-state index in [0.29, 0.717) is 5.06 Å². The lowest BCUT2D eigenvalue weighted by Gasteiger charge is -2.28. The minimum absolute atomic E-state index is 0.0162. The van der Waals surface area contributed by atoms with Crippen molar-refractivity contribution in [2.45, 2.75) is 31.8 Å². The second-order valence-electron chi connectivity index (χ2n) is 4.39. The normalized spacial score (nSPS) is 13.1. The van der Waals surface area contributed by atoms with Crippen molar-refractivity contribution in [3.05, 3.63) is 0 Å². The third kappa shape index (κ3) is 7.22. The van der Waals surface area contributed by atoms with Crippen molar-refractivity contribution >= 4 is 23.8 Å². The molecule has 21 heavy (non-hydrogen) atoms. The van der Waals surface area contributed by atoms with Crippen LogP contribution >= 0.6 is 0 Å². The van der Waals surface area contributed by atoms with Gasteiger partial charge < -0.3 is 30.2 Å². The van der Waals surface area contributed by atoms with Crippen LogP contribution in [0.5, 0.6) is 0 Å². The van der Waals surface area contributed by atoms with Gasteiger partial charge in [0.25, 0.3) is 0 Å². The van der Waals surface area contributed by atoms with Crippen LogP contribution in [-0.4, -0.2) is 57.8 Å². The summed E-state index contributed by atoms with van der Waals surface area (Å²) in [5.74, 6) is -5.44. The summed E-state index contributed by atoms with van der Waals surface area (Å²) in [5.41, 5.74) is -2.86. The van der Waals surface area contributed by atoms with Crippen molar-refractivity contribution < 1.29 is 39.7 Å². The number of rotatable bonds is 9. The van der Waals surface area contributed by atoms with Crippen molar-refractivity contribution in [2.75, 3.05) is 13.1 Å². The maximum atomic E-state index is 11.4. The molecular weight excluding hydrogens is 288 g/mol. The highest BCUT2D eigenvalue weighted by Gasteiger charge is 2.32. The summed E-state index contributed by atoms with van der Waals surface area (Å²) in [6.07, 6.45) is -2.12.